The summed E-state index contributed by atoms with van der Waals surface area (Å²) in [5, 5.41) is 8.08. The Labute approximate surface area is 316 Å². The van der Waals surface area contributed by atoms with E-state index in [0.717, 1.165) is 72.2 Å². The predicted molar refractivity (Wildman–Crippen MR) is 227 cm³/mol. The van der Waals surface area contributed by atoms with Crippen LogP contribution >= 0.6 is 0 Å². The van der Waals surface area contributed by atoms with Crippen LogP contribution in [0.5, 0.6) is 0 Å². The van der Waals surface area contributed by atoms with Crippen LogP contribution in [0.2, 0.25) is 0 Å². The number of aromatic nitrogens is 3. The van der Waals surface area contributed by atoms with Crippen LogP contribution in [0.3, 0.4) is 0 Å². The predicted octanol–water partition coefficient (Wildman–Crippen LogP) is 13.4. The molecule has 0 radical (unpaired) electrons. The Bertz CT molecular complexity index is 3420. The van der Waals surface area contributed by atoms with Gasteiger partial charge in [-0.1, -0.05) is 129 Å². The number of benzene rings is 8. The van der Waals surface area contributed by atoms with Gasteiger partial charge in [-0.3, -0.25) is 4.57 Å². The van der Waals surface area contributed by atoms with E-state index in [2.05, 4.69) is 170 Å². The first kappa shape index (κ1) is 30.4. The summed E-state index contributed by atoms with van der Waals surface area (Å²) in [6.07, 6.45) is 0. The molecule has 0 aliphatic heterocycles. The van der Waals surface area contributed by atoms with Crippen molar-refractivity contribution in [3.63, 3.8) is 0 Å². The number of para-hydroxylation sites is 2. The van der Waals surface area contributed by atoms with Crippen molar-refractivity contribution in [1.29, 1.82) is 0 Å². The summed E-state index contributed by atoms with van der Waals surface area (Å²) in [5.41, 5.74) is 13.3. The topological polar surface area (TPSA) is 43.9 Å². The fourth-order valence-electron chi connectivity index (χ4n) is 9.40. The zero-order valence-corrected chi connectivity index (χ0v) is 30.3. The van der Waals surface area contributed by atoms with Crippen LogP contribution in [0.15, 0.2) is 168 Å². The molecule has 3 aromatic heterocycles. The minimum atomic E-state index is -0.123. The maximum absolute atomic E-state index is 6.18. The highest BCUT2D eigenvalue weighted by Crippen LogP contribution is 2.52. The molecule has 1 aliphatic rings. The first-order valence-corrected chi connectivity index (χ1v) is 18.9. The van der Waals surface area contributed by atoms with Gasteiger partial charge in [0.1, 0.15) is 17.0 Å². The third kappa shape index (κ3) is 4.22. The Hall–Kier alpha value is -7.04. The number of fused-ring (bicyclic) bond motifs is 12. The van der Waals surface area contributed by atoms with Crippen molar-refractivity contribution in [2.45, 2.75) is 19.3 Å². The molecule has 12 rings (SSSR count). The Kier molecular flexibility index (Phi) is 6.09. The van der Waals surface area contributed by atoms with E-state index in [1.807, 2.05) is 12.1 Å². The normalized spacial score (nSPS) is 13.4. The van der Waals surface area contributed by atoms with Crippen LogP contribution in [0, 0.1) is 0 Å². The number of rotatable bonds is 3. The fraction of sp³-hybridized carbons (Fsp3) is 0.0588. The van der Waals surface area contributed by atoms with Gasteiger partial charge >= 0.3 is 0 Å². The molecule has 8 aromatic carbocycles. The molecule has 0 unspecified atom stereocenters. The lowest BCUT2D eigenvalue weighted by molar-refractivity contribution is 0.660. The third-order valence-electron chi connectivity index (χ3n) is 12.0. The second-order valence-electron chi connectivity index (χ2n) is 15.3. The highest BCUT2D eigenvalue weighted by molar-refractivity contribution is 6.22. The van der Waals surface area contributed by atoms with E-state index in [1.165, 1.54) is 43.8 Å². The highest BCUT2D eigenvalue weighted by Gasteiger charge is 2.37. The second kappa shape index (κ2) is 11.0. The molecule has 0 amide bonds. The summed E-state index contributed by atoms with van der Waals surface area (Å²) < 4.78 is 8.55. The summed E-state index contributed by atoms with van der Waals surface area (Å²) >= 11 is 0. The smallest absolute Gasteiger partial charge is 0.162 e. The van der Waals surface area contributed by atoms with Gasteiger partial charge in [-0.05, 0) is 92.7 Å². The average molecular weight is 704 g/mol. The third-order valence-corrected chi connectivity index (χ3v) is 12.0. The minimum Gasteiger partial charge on any atom is -0.456 e. The first-order chi connectivity index (χ1) is 27.0. The molecule has 0 N–H and O–H groups in total. The Morgan fingerprint density at radius 3 is 2.07 bits per heavy atom. The molecule has 1 aliphatic carbocycles. The van der Waals surface area contributed by atoms with Gasteiger partial charge in [-0.25, -0.2) is 9.97 Å². The molecule has 4 heteroatoms. The van der Waals surface area contributed by atoms with E-state index >= 15 is 0 Å². The van der Waals surface area contributed by atoms with Gasteiger partial charge in [0.05, 0.1) is 16.6 Å². The molecule has 0 saturated heterocycles. The molecule has 55 heavy (non-hydrogen) atoms. The quantitative estimate of drug-likeness (QED) is 0.184. The fourth-order valence-corrected chi connectivity index (χ4v) is 9.40. The molecule has 0 saturated carbocycles. The van der Waals surface area contributed by atoms with Crippen molar-refractivity contribution in [2.75, 3.05) is 0 Å². The summed E-state index contributed by atoms with van der Waals surface area (Å²) in [6, 6.07) is 58.7. The molecular weight excluding hydrogens is 671 g/mol. The molecular formula is C51H33N3O. The molecule has 4 nitrogen and oxygen atoms in total. The first-order valence-electron chi connectivity index (χ1n) is 18.9. The zero-order chi connectivity index (χ0) is 36.4. The maximum Gasteiger partial charge on any atom is 0.162 e. The molecule has 0 fully saturated rings. The highest BCUT2D eigenvalue weighted by atomic mass is 16.3. The Balaban J connectivity index is 1.15. The van der Waals surface area contributed by atoms with Crippen molar-refractivity contribution in [2.24, 2.45) is 0 Å². The number of hydrogen-bond donors (Lipinski definition) is 0. The molecule has 0 atom stereocenters. The van der Waals surface area contributed by atoms with E-state index in [1.54, 1.807) is 0 Å². The average Bonchev–Trinajstić information content (AvgIpc) is 3.85. The largest absolute Gasteiger partial charge is 0.456 e. The summed E-state index contributed by atoms with van der Waals surface area (Å²) in [6.45, 7) is 4.64. The van der Waals surface area contributed by atoms with Crippen LogP contribution in [0.1, 0.15) is 25.0 Å². The van der Waals surface area contributed by atoms with E-state index in [4.69, 9.17) is 14.4 Å². The van der Waals surface area contributed by atoms with Gasteiger partial charge in [0.2, 0.25) is 0 Å². The van der Waals surface area contributed by atoms with Crippen LogP contribution in [0.25, 0.3) is 105 Å². The zero-order valence-electron chi connectivity index (χ0n) is 30.3. The molecule has 11 aromatic rings. The summed E-state index contributed by atoms with van der Waals surface area (Å²) in [4.78, 5) is 10.9. The van der Waals surface area contributed by atoms with Crippen molar-refractivity contribution in [1.82, 2.24) is 14.5 Å². The minimum absolute atomic E-state index is 0.123. The van der Waals surface area contributed by atoms with Gasteiger partial charge in [-0.2, -0.15) is 0 Å². The lowest BCUT2D eigenvalue weighted by Gasteiger charge is -2.21. The van der Waals surface area contributed by atoms with E-state index in [0.29, 0.717) is 0 Å². The molecule has 258 valence electrons. The van der Waals surface area contributed by atoms with Gasteiger partial charge < -0.3 is 4.42 Å². The van der Waals surface area contributed by atoms with Crippen LogP contribution in [-0.2, 0) is 5.41 Å². The van der Waals surface area contributed by atoms with E-state index in [9.17, 15) is 0 Å². The van der Waals surface area contributed by atoms with Crippen molar-refractivity contribution < 1.29 is 4.42 Å². The molecule has 3 heterocycles. The van der Waals surface area contributed by atoms with Gasteiger partial charge in [0.25, 0.3) is 0 Å². The van der Waals surface area contributed by atoms with Gasteiger partial charge in [0.15, 0.2) is 5.82 Å². The Morgan fingerprint density at radius 1 is 0.491 bits per heavy atom. The summed E-state index contributed by atoms with van der Waals surface area (Å²) in [5.74, 6) is 1.60. The number of furan rings is 1. The van der Waals surface area contributed by atoms with E-state index < -0.39 is 0 Å². The SMILES string of the molecule is CC1(C)c2ccccc2-c2c(-c3nc(-n4c5ccc(-c6ccc7oc8ccccc8c7c6)cc5c5c6ccccc6ccc54)c4ccccc4n3)cccc21. The molecule has 0 bridgehead atoms. The van der Waals surface area contributed by atoms with Gasteiger partial charge in [-0.15, -0.1) is 0 Å². The standard InChI is InChI=1S/C51H33N3O/c1-51(2)40-18-8-5-15-35(40)47-37(17-11-19-41(47)51)49-52-42-20-9-6-16-36(42)50(53-49)54-43-25-23-31(29-39(43)48-33-13-4-3-12-30(33)22-26-44(48)54)32-24-27-46-38(28-32)34-14-7-10-21-45(34)55-46/h3-29H,1-2H3. The maximum atomic E-state index is 6.18. The monoisotopic (exact) mass is 703 g/mol. The van der Waals surface area contributed by atoms with Crippen LogP contribution in [-0.4, -0.2) is 14.5 Å². The number of nitrogens with zero attached hydrogens (tertiary/aromatic N) is 3. The lowest BCUT2D eigenvalue weighted by Crippen LogP contribution is -2.14. The van der Waals surface area contributed by atoms with E-state index in [-0.39, 0.29) is 5.41 Å². The summed E-state index contributed by atoms with van der Waals surface area (Å²) in [7, 11) is 0. The second-order valence-corrected chi connectivity index (χ2v) is 15.3. The van der Waals surface area contributed by atoms with Crippen molar-refractivity contribution in [3.05, 3.63) is 175 Å². The molecule has 0 spiro atoms. The van der Waals surface area contributed by atoms with Crippen LogP contribution < -0.4 is 0 Å². The lowest BCUT2D eigenvalue weighted by atomic mass is 9.82. The van der Waals surface area contributed by atoms with Crippen LogP contribution in [0.4, 0.5) is 0 Å². The number of hydrogen-bond acceptors (Lipinski definition) is 3. The Morgan fingerprint density at radius 2 is 1.16 bits per heavy atom. The van der Waals surface area contributed by atoms with Crippen molar-refractivity contribution in [3.8, 4) is 39.5 Å². The van der Waals surface area contributed by atoms with Gasteiger partial charge in [0, 0.05) is 37.9 Å². The van der Waals surface area contributed by atoms with Crippen molar-refractivity contribution >= 4 is 65.4 Å².